The molecule has 0 aliphatic heterocycles. The van der Waals surface area contributed by atoms with Crippen molar-refractivity contribution in [2.24, 2.45) is 0 Å². The van der Waals surface area contributed by atoms with Gasteiger partial charge in [0.2, 0.25) is 0 Å². The quantitative estimate of drug-likeness (QED) is 0.669. The molecule has 0 aromatic heterocycles. The van der Waals surface area contributed by atoms with Gasteiger partial charge in [0.15, 0.2) is 9.84 Å². The van der Waals surface area contributed by atoms with Crippen LogP contribution in [0, 0.1) is 0 Å². The van der Waals surface area contributed by atoms with E-state index >= 15 is 0 Å². The Balaban J connectivity index is 2.74. The lowest BCUT2D eigenvalue weighted by Crippen LogP contribution is -2.24. The van der Waals surface area contributed by atoms with E-state index in [2.05, 4.69) is 6.92 Å². The molecule has 1 atom stereocenters. The Morgan fingerprint density at radius 2 is 1.71 bits per heavy atom. The van der Waals surface area contributed by atoms with Crippen LogP contribution in [0.3, 0.4) is 0 Å². The molecule has 0 spiro atoms. The van der Waals surface area contributed by atoms with Gasteiger partial charge < -0.3 is 5.11 Å². The van der Waals surface area contributed by atoms with Crippen molar-refractivity contribution in [2.75, 3.05) is 0 Å². The van der Waals surface area contributed by atoms with Crippen molar-refractivity contribution in [3.63, 3.8) is 0 Å². The molecule has 0 aliphatic rings. The summed E-state index contributed by atoms with van der Waals surface area (Å²) in [5, 5.41) is 8.14. The third-order valence-corrected chi connectivity index (χ3v) is 5.75. The van der Waals surface area contributed by atoms with Gasteiger partial charge in [-0.25, -0.2) is 8.42 Å². The molecule has 1 aromatic rings. The summed E-state index contributed by atoms with van der Waals surface area (Å²) in [6.45, 7) is 2.12. The van der Waals surface area contributed by atoms with Crippen molar-refractivity contribution in [1.29, 1.82) is 0 Å². The number of hydrogen-bond acceptors (Lipinski definition) is 3. The highest BCUT2D eigenvalue weighted by Crippen LogP contribution is 2.23. The smallest absolute Gasteiger partial charge is 0.304 e. The zero-order valence-electron chi connectivity index (χ0n) is 12.5. The number of sulfone groups is 1. The molecule has 0 heterocycles. The maximum Gasteiger partial charge on any atom is 0.304 e. The van der Waals surface area contributed by atoms with Crippen molar-refractivity contribution in [3.05, 3.63) is 30.3 Å². The van der Waals surface area contributed by atoms with E-state index in [0.29, 0.717) is 6.42 Å². The topological polar surface area (TPSA) is 71.4 Å². The molecule has 0 bridgehead atoms. The van der Waals surface area contributed by atoms with Crippen LogP contribution in [0.5, 0.6) is 0 Å². The van der Waals surface area contributed by atoms with Crippen molar-refractivity contribution in [2.45, 2.75) is 62.0 Å². The third kappa shape index (κ3) is 5.87. The molecule has 1 N–H and O–H groups in total. The van der Waals surface area contributed by atoms with Gasteiger partial charge in [0.1, 0.15) is 0 Å². The van der Waals surface area contributed by atoms with Crippen LogP contribution in [0.2, 0.25) is 0 Å². The molecule has 0 radical (unpaired) electrons. The molecule has 5 heteroatoms. The van der Waals surface area contributed by atoms with E-state index in [9.17, 15) is 13.2 Å². The minimum Gasteiger partial charge on any atom is -0.481 e. The van der Waals surface area contributed by atoms with Crippen LogP contribution < -0.4 is 0 Å². The Kier molecular flexibility index (Phi) is 7.43. The van der Waals surface area contributed by atoms with Gasteiger partial charge in [-0.2, -0.15) is 0 Å². The van der Waals surface area contributed by atoms with Crippen molar-refractivity contribution in [3.8, 4) is 0 Å². The summed E-state index contributed by atoms with van der Waals surface area (Å²) in [7, 11) is -3.57. The molecule has 21 heavy (non-hydrogen) atoms. The first kappa shape index (κ1) is 17.7. The number of carboxylic acids is 1. The maximum atomic E-state index is 12.5. The molecule has 4 nitrogen and oxygen atoms in total. The Hall–Kier alpha value is -1.36. The van der Waals surface area contributed by atoms with Crippen molar-refractivity contribution < 1.29 is 18.3 Å². The van der Waals surface area contributed by atoms with E-state index in [4.69, 9.17) is 5.11 Å². The van der Waals surface area contributed by atoms with E-state index in [1.165, 1.54) is 12.1 Å². The lowest BCUT2D eigenvalue weighted by Gasteiger charge is -2.16. The molecule has 0 saturated carbocycles. The number of hydrogen-bond donors (Lipinski definition) is 1. The standard InChI is InChI=1S/C16H24O4S/c1-2-3-4-5-7-12-15(13-16(17)18)21(19,20)14-10-8-6-9-11-14/h6,8-11,15H,2-5,7,12-13H2,1H3,(H,17,18). The summed E-state index contributed by atoms with van der Waals surface area (Å²) in [6.07, 6.45) is 5.12. The number of aliphatic carboxylic acids is 1. The average molecular weight is 312 g/mol. The number of rotatable bonds is 10. The molecule has 0 amide bonds. The lowest BCUT2D eigenvalue weighted by molar-refractivity contribution is -0.137. The van der Waals surface area contributed by atoms with Crippen LogP contribution in [-0.2, 0) is 14.6 Å². The molecule has 1 unspecified atom stereocenters. The average Bonchev–Trinajstić information content (AvgIpc) is 2.46. The second-order valence-electron chi connectivity index (χ2n) is 5.28. The first-order valence-electron chi connectivity index (χ1n) is 7.49. The lowest BCUT2D eigenvalue weighted by atomic mass is 10.1. The normalized spacial score (nSPS) is 13.0. The van der Waals surface area contributed by atoms with Crippen LogP contribution in [0.1, 0.15) is 51.9 Å². The van der Waals surface area contributed by atoms with Gasteiger partial charge in [0.05, 0.1) is 16.6 Å². The second kappa shape index (κ2) is 8.82. The largest absolute Gasteiger partial charge is 0.481 e. The van der Waals surface area contributed by atoms with Crippen molar-refractivity contribution in [1.82, 2.24) is 0 Å². The highest BCUT2D eigenvalue weighted by molar-refractivity contribution is 7.92. The van der Waals surface area contributed by atoms with E-state index < -0.39 is 21.1 Å². The fourth-order valence-electron chi connectivity index (χ4n) is 2.34. The van der Waals surface area contributed by atoms with Crippen LogP contribution >= 0.6 is 0 Å². The summed E-state index contributed by atoms with van der Waals surface area (Å²) in [6, 6.07) is 8.12. The predicted molar refractivity (Wildman–Crippen MR) is 83.0 cm³/mol. The van der Waals surface area contributed by atoms with Gasteiger partial charge in [-0.05, 0) is 18.6 Å². The number of unbranched alkanes of at least 4 members (excludes halogenated alkanes) is 4. The van der Waals surface area contributed by atoms with Gasteiger partial charge in [-0.15, -0.1) is 0 Å². The van der Waals surface area contributed by atoms with Crippen LogP contribution in [0.4, 0.5) is 0 Å². The summed E-state index contributed by atoms with van der Waals surface area (Å²) < 4.78 is 25.0. The Bertz CT molecular complexity index is 522. The van der Waals surface area contributed by atoms with Crippen molar-refractivity contribution >= 4 is 15.8 Å². The first-order chi connectivity index (χ1) is 9.98. The minimum atomic E-state index is -3.57. The molecular formula is C16H24O4S. The molecule has 1 aromatic carbocycles. The number of benzene rings is 1. The minimum absolute atomic E-state index is 0.213. The zero-order chi connectivity index (χ0) is 15.7. The van der Waals surface area contributed by atoms with Gasteiger partial charge in [0.25, 0.3) is 0 Å². The number of carboxylic acid groups (broad SMARTS) is 1. The summed E-state index contributed by atoms with van der Waals surface area (Å²) in [4.78, 5) is 11.2. The fraction of sp³-hybridized carbons (Fsp3) is 0.562. The van der Waals surface area contributed by atoms with E-state index in [0.717, 1.165) is 32.1 Å². The molecular weight excluding hydrogens is 288 g/mol. The Morgan fingerprint density at radius 3 is 2.29 bits per heavy atom. The third-order valence-electron chi connectivity index (χ3n) is 3.54. The SMILES string of the molecule is CCCCCCCC(CC(=O)O)S(=O)(=O)c1ccccc1. The van der Waals surface area contributed by atoms with Crippen LogP contribution in [0.15, 0.2) is 35.2 Å². The first-order valence-corrected chi connectivity index (χ1v) is 9.04. The second-order valence-corrected chi connectivity index (χ2v) is 7.51. The van der Waals surface area contributed by atoms with Crippen LogP contribution in [-0.4, -0.2) is 24.7 Å². The monoisotopic (exact) mass is 312 g/mol. The van der Waals surface area contributed by atoms with Crippen LogP contribution in [0.25, 0.3) is 0 Å². The van der Waals surface area contributed by atoms with Gasteiger partial charge in [0, 0.05) is 0 Å². The van der Waals surface area contributed by atoms with E-state index in [1.807, 2.05) is 0 Å². The highest BCUT2D eigenvalue weighted by Gasteiger charge is 2.29. The molecule has 1 rings (SSSR count). The highest BCUT2D eigenvalue weighted by atomic mass is 32.2. The molecule has 0 fully saturated rings. The fourth-order valence-corrected chi connectivity index (χ4v) is 4.10. The van der Waals surface area contributed by atoms with E-state index in [-0.39, 0.29) is 11.3 Å². The summed E-state index contributed by atoms with van der Waals surface area (Å²) in [5.74, 6) is -1.06. The van der Waals surface area contributed by atoms with Gasteiger partial charge in [-0.1, -0.05) is 57.2 Å². The molecule has 0 aliphatic carbocycles. The van der Waals surface area contributed by atoms with Gasteiger partial charge in [-0.3, -0.25) is 4.79 Å². The number of carbonyl (C=O) groups is 1. The predicted octanol–water partition coefficient (Wildman–Crippen LogP) is 3.66. The zero-order valence-corrected chi connectivity index (χ0v) is 13.3. The Morgan fingerprint density at radius 1 is 1.10 bits per heavy atom. The van der Waals surface area contributed by atoms with Gasteiger partial charge >= 0.3 is 5.97 Å². The summed E-state index contributed by atoms with van der Waals surface area (Å²) >= 11 is 0. The Labute approximate surface area is 127 Å². The maximum absolute atomic E-state index is 12.5. The molecule has 118 valence electrons. The summed E-state index contributed by atoms with van der Waals surface area (Å²) in [5.41, 5.74) is 0. The van der Waals surface area contributed by atoms with E-state index in [1.54, 1.807) is 18.2 Å². The molecule has 0 saturated heterocycles.